The van der Waals surface area contributed by atoms with Crippen LogP contribution in [0.2, 0.25) is 0 Å². The maximum absolute atomic E-state index is 13.4. The van der Waals surface area contributed by atoms with Crippen molar-refractivity contribution in [1.82, 2.24) is 0 Å². The number of carboxylic acids is 1. The largest absolute Gasteiger partial charge is 0.508 e. The first kappa shape index (κ1) is 27.3. The number of aliphatic hydroxyl groups excluding tert-OH is 2. The van der Waals surface area contributed by atoms with E-state index in [1.165, 1.54) is 6.92 Å². The van der Waals surface area contributed by atoms with Crippen molar-refractivity contribution >= 4 is 22.9 Å². The Morgan fingerprint density at radius 1 is 0.949 bits per heavy atom. The van der Waals surface area contributed by atoms with E-state index in [9.17, 15) is 50.1 Å². The van der Waals surface area contributed by atoms with Crippen molar-refractivity contribution in [2.75, 3.05) is 0 Å². The fourth-order valence-corrected chi connectivity index (χ4v) is 4.00. The summed E-state index contributed by atoms with van der Waals surface area (Å²) >= 11 is 0. The van der Waals surface area contributed by atoms with Gasteiger partial charge in [-0.2, -0.15) is 0 Å². The smallest absolute Gasteiger partial charge is 0.317 e. The zero-order chi connectivity index (χ0) is 28.8. The Kier molecular flexibility index (Phi) is 7.14. The summed E-state index contributed by atoms with van der Waals surface area (Å²) in [7, 11) is 0. The van der Waals surface area contributed by atoms with E-state index in [0.717, 1.165) is 24.3 Å². The molecular weight excluding hydrogens is 528 g/mol. The third-order valence-corrected chi connectivity index (χ3v) is 5.82. The van der Waals surface area contributed by atoms with Crippen molar-refractivity contribution in [2.45, 2.75) is 44.1 Å². The number of esters is 1. The molecular formula is C24H22O15. The van der Waals surface area contributed by atoms with Gasteiger partial charge in [0.05, 0.1) is 6.10 Å². The molecule has 4 rings (SSSR count). The highest BCUT2D eigenvalue weighted by molar-refractivity contribution is 5.90. The molecule has 8 N–H and O–H groups in total. The van der Waals surface area contributed by atoms with Crippen LogP contribution in [0.25, 0.3) is 22.3 Å². The predicted octanol–water partition coefficient (Wildman–Crippen LogP) is 0.220. The molecule has 1 aliphatic rings. The van der Waals surface area contributed by atoms with Gasteiger partial charge < -0.3 is 59.5 Å². The fourth-order valence-electron chi connectivity index (χ4n) is 4.00. The SMILES string of the molecule is C[C@@H]1O[C@@H](Oc2c(-c3cc(O)c(O)c(O)c3)oc3cc(O)cc(O)c3c2=O)[C@H](O)[C@H](O)[C@H]1OC(=O)CC(=O)O. The maximum atomic E-state index is 13.4. The molecule has 208 valence electrons. The van der Waals surface area contributed by atoms with Gasteiger partial charge in [-0.1, -0.05) is 0 Å². The van der Waals surface area contributed by atoms with Crippen molar-refractivity contribution in [3.63, 3.8) is 0 Å². The number of benzene rings is 2. The standard InChI is InChI=1S/C24H22O15/c1-7-21(38-15(31)6-14(29)30)19(34)20(35)24(36-7)39-23-18(33)16-10(26)4-9(25)5-13(16)37-22(23)8-2-11(27)17(32)12(28)3-8/h2-5,7,19-21,24-28,32,34-35H,6H2,1H3,(H,29,30)/t7-,19-,20+,21-,24-/m0/s1. The minimum Gasteiger partial charge on any atom is -0.508 e. The van der Waals surface area contributed by atoms with E-state index in [2.05, 4.69) is 0 Å². The van der Waals surface area contributed by atoms with Gasteiger partial charge in [-0.3, -0.25) is 14.4 Å². The lowest BCUT2D eigenvalue weighted by atomic mass is 9.99. The zero-order valence-electron chi connectivity index (χ0n) is 19.8. The van der Waals surface area contributed by atoms with Gasteiger partial charge in [0.2, 0.25) is 17.5 Å². The number of rotatable bonds is 6. The summed E-state index contributed by atoms with van der Waals surface area (Å²) in [6.07, 6.45) is -9.42. The second-order valence-corrected chi connectivity index (χ2v) is 8.62. The molecule has 0 radical (unpaired) electrons. The molecule has 15 nitrogen and oxygen atoms in total. The van der Waals surface area contributed by atoms with Crippen LogP contribution < -0.4 is 10.2 Å². The number of aliphatic hydroxyl groups is 2. The molecule has 5 atom stereocenters. The molecule has 1 saturated heterocycles. The van der Waals surface area contributed by atoms with Crippen LogP contribution in [0.1, 0.15) is 13.3 Å². The summed E-state index contributed by atoms with van der Waals surface area (Å²) in [6.45, 7) is 1.30. The summed E-state index contributed by atoms with van der Waals surface area (Å²) < 4.78 is 21.6. The second kappa shape index (κ2) is 10.2. The van der Waals surface area contributed by atoms with E-state index in [1.807, 2.05) is 0 Å². The number of carbonyl (C=O) groups excluding carboxylic acids is 1. The summed E-state index contributed by atoms with van der Waals surface area (Å²) in [6, 6.07) is 3.61. The summed E-state index contributed by atoms with van der Waals surface area (Å²) in [4.78, 5) is 35.9. The first-order valence-electron chi connectivity index (χ1n) is 11.2. The van der Waals surface area contributed by atoms with E-state index in [1.54, 1.807) is 0 Å². The van der Waals surface area contributed by atoms with E-state index < -0.39 is 100 Å². The second-order valence-electron chi connectivity index (χ2n) is 8.62. The Bertz CT molecular complexity index is 1490. The van der Waals surface area contributed by atoms with Gasteiger partial charge in [0.15, 0.2) is 29.1 Å². The van der Waals surface area contributed by atoms with Gasteiger partial charge in [0.1, 0.15) is 41.1 Å². The number of carbonyl (C=O) groups is 2. The molecule has 1 aliphatic heterocycles. The minimum atomic E-state index is -1.98. The van der Waals surface area contributed by atoms with Gasteiger partial charge in [0, 0.05) is 17.7 Å². The third-order valence-electron chi connectivity index (χ3n) is 5.82. The lowest BCUT2D eigenvalue weighted by Gasteiger charge is -2.40. The molecule has 15 heteroatoms. The first-order valence-corrected chi connectivity index (χ1v) is 11.2. The van der Waals surface area contributed by atoms with Crippen molar-refractivity contribution < 1.29 is 69.1 Å². The number of aromatic hydroxyl groups is 5. The van der Waals surface area contributed by atoms with Crippen LogP contribution >= 0.6 is 0 Å². The molecule has 1 aromatic heterocycles. The van der Waals surface area contributed by atoms with Crippen LogP contribution in [-0.4, -0.2) is 83.5 Å². The molecule has 2 aromatic carbocycles. The van der Waals surface area contributed by atoms with Crippen molar-refractivity contribution in [3.8, 4) is 45.8 Å². The topological polar surface area (TPSA) is 254 Å². The molecule has 0 saturated carbocycles. The monoisotopic (exact) mass is 550 g/mol. The number of phenols is 5. The van der Waals surface area contributed by atoms with Gasteiger partial charge in [-0.15, -0.1) is 0 Å². The quantitative estimate of drug-likeness (QED) is 0.116. The van der Waals surface area contributed by atoms with Crippen LogP contribution in [0.15, 0.2) is 33.5 Å². The number of hydrogen-bond acceptors (Lipinski definition) is 14. The fraction of sp³-hybridized carbons (Fsp3) is 0.292. The van der Waals surface area contributed by atoms with Gasteiger partial charge >= 0.3 is 11.9 Å². The van der Waals surface area contributed by atoms with Crippen LogP contribution in [-0.2, 0) is 19.1 Å². The highest BCUT2D eigenvalue weighted by Crippen LogP contribution is 2.43. The van der Waals surface area contributed by atoms with Crippen molar-refractivity contribution in [1.29, 1.82) is 0 Å². The molecule has 0 bridgehead atoms. The van der Waals surface area contributed by atoms with Crippen molar-refractivity contribution in [2.24, 2.45) is 0 Å². The Morgan fingerprint density at radius 2 is 1.59 bits per heavy atom. The first-order chi connectivity index (χ1) is 18.3. The maximum Gasteiger partial charge on any atom is 0.317 e. The van der Waals surface area contributed by atoms with Crippen LogP contribution in [0.4, 0.5) is 0 Å². The minimum absolute atomic E-state index is 0.237. The summed E-state index contributed by atoms with van der Waals surface area (Å²) in [5.74, 6) is -7.68. The highest BCUT2D eigenvalue weighted by Gasteiger charge is 2.47. The van der Waals surface area contributed by atoms with E-state index in [4.69, 9.17) is 23.7 Å². The van der Waals surface area contributed by atoms with E-state index in [-0.39, 0.29) is 11.1 Å². The molecule has 2 heterocycles. The molecule has 0 aliphatic carbocycles. The van der Waals surface area contributed by atoms with Crippen LogP contribution in [0.5, 0.6) is 34.5 Å². The molecule has 0 amide bonds. The van der Waals surface area contributed by atoms with Gasteiger partial charge in [-0.05, 0) is 19.1 Å². The van der Waals surface area contributed by atoms with Crippen molar-refractivity contribution in [3.05, 3.63) is 34.5 Å². The Balaban J connectivity index is 1.78. The molecule has 39 heavy (non-hydrogen) atoms. The Morgan fingerprint density at radius 3 is 2.21 bits per heavy atom. The highest BCUT2D eigenvalue weighted by atomic mass is 16.7. The predicted molar refractivity (Wildman–Crippen MR) is 125 cm³/mol. The molecule has 3 aromatic rings. The normalized spacial score (nSPS) is 22.9. The average Bonchev–Trinajstić information content (AvgIpc) is 2.83. The van der Waals surface area contributed by atoms with Gasteiger partial charge in [0.25, 0.3) is 0 Å². The van der Waals surface area contributed by atoms with Crippen LogP contribution in [0, 0.1) is 0 Å². The molecule has 0 unspecified atom stereocenters. The number of aliphatic carboxylic acids is 1. The zero-order valence-corrected chi connectivity index (χ0v) is 19.8. The molecule has 0 spiro atoms. The van der Waals surface area contributed by atoms with E-state index >= 15 is 0 Å². The number of ether oxygens (including phenoxy) is 3. The number of carboxylic acid groups (broad SMARTS) is 1. The van der Waals surface area contributed by atoms with E-state index in [0.29, 0.717) is 0 Å². The van der Waals surface area contributed by atoms with Gasteiger partial charge in [-0.25, -0.2) is 0 Å². The third kappa shape index (κ3) is 5.18. The number of phenolic OH excluding ortho intramolecular Hbond substituents is 5. The summed E-state index contributed by atoms with van der Waals surface area (Å²) in [5, 5.41) is 79.2. The van der Waals surface area contributed by atoms with Crippen LogP contribution in [0.3, 0.4) is 0 Å². The number of hydrogen-bond donors (Lipinski definition) is 8. The number of fused-ring (bicyclic) bond motifs is 1. The molecule has 1 fully saturated rings. The lowest BCUT2D eigenvalue weighted by molar-refractivity contribution is -0.272. The lowest BCUT2D eigenvalue weighted by Crippen LogP contribution is -2.59. The average molecular weight is 550 g/mol. The Hall–Kier alpha value is -4.73. The summed E-state index contributed by atoms with van der Waals surface area (Å²) in [5.41, 5.74) is -1.65. The Labute approximate surface area is 216 Å².